The number of hydrogen-bond donors (Lipinski definition) is 0. The number of aliphatic imine (C=N–C) groups is 1. The van der Waals surface area contributed by atoms with Gasteiger partial charge in [-0.3, -0.25) is 9.56 Å². The molecule has 61 heavy (non-hydrogen) atoms. The zero-order valence-corrected chi connectivity index (χ0v) is 40.1. The standard InChI is InChI=1S/C56H72N4O/c1-33(2)38-26-39(54-58-48(52(36(7)8)37(9)10)32-59(54)53-44(34(3)4)18-17-19-45(53)35(5)6)28-43(27-38)61-42-21-22-46-47-29-40(55(11,12)13)20-23-49(47)60(50(46)31-42)51-30-41(24-25-57-51)56(14,15)16/h17-31,33-37,48,52H,32H2,1-16H3/t48-/m0/s1. The van der Waals surface area contributed by atoms with Crippen molar-refractivity contribution in [1.82, 2.24) is 9.55 Å². The Kier molecular flexibility index (Phi) is 12.1. The molecule has 0 fully saturated rings. The summed E-state index contributed by atoms with van der Waals surface area (Å²) < 4.78 is 9.35. The number of para-hydroxylation sites is 1. The molecule has 1 atom stereocenters. The van der Waals surface area contributed by atoms with Gasteiger partial charge < -0.3 is 9.64 Å². The van der Waals surface area contributed by atoms with Crippen molar-refractivity contribution in [3.05, 3.63) is 125 Å². The Morgan fingerprint density at radius 2 is 1.25 bits per heavy atom. The average molecular weight is 817 g/mol. The summed E-state index contributed by atoms with van der Waals surface area (Å²) in [4.78, 5) is 13.3. The molecule has 0 saturated carbocycles. The highest BCUT2D eigenvalue weighted by atomic mass is 16.5. The number of amidine groups is 1. The second kappa shape index (κ2) is 16.8. The normalized spacial score (nSPS) is 15.3. The molecule has 4 aromatic carbocycles. The molecule has 1 aliphatic heterocycles. The molecule has 0 N–H and O–H groups in total. The highest BCUT2D eigenvalue weighted by Crippen LogP contribution is 2.43. The second-order valence-electron chi connectivity index (χ2n) is 21.5. The van der Waals surface area contributed by atoms with Crippen LogP contribution in [0.3, 0.4) is 0 Å². The highest BCUT2D eigenvalue weighted by Gasteiger charge is 2.38. The van der Waals surface area contributed by atoms with E-state index in [-0.39, 0.29) is 16.9 Å². The van der Waals surface area contributed by atoms with Gasteiger partial charge in [0, 0.05) is 40.8 Å². The largest absolute Gasteiger partial charge is 0.457 e. The molecule has 3 heterocycles. The molecule has 322 valence electrons. The summed E-state index contributed by atoms with van der Waals surface area (Å²) >= 11 is 0. The maximum absolute atomic E-state index is 7.03. The number of pyridine rings is 1. The van der Waals surface area contributed by atoms with E-state index in [1.54, 1.807) is 0 Å². The van der Waals surface area contributed by atoms with Gasteiger partial charge >= 0.3 is 0 Å². The maximum atomic E-state index is 7.03. The number of benzene rings is 4. The molecule has 5 nitrogen and oxygen atoms in total. The van der Waals surface area contributed by atoms with Gasteiger partial charge in [-0.1, -0.05) is 135 Å². The molecule has 1 aliphatic rings. The Bertz CT molecular complexity index is 2540. The first-order valence-electron chi connectivity index (χ1n) is 23.0. The number of nitrogens with zero attached hydrogens (tertiary/aromatic N) is 4. The fourth-order valence-corrected chi connectivity index (χ4v) is 9.72. The van der Waals surface area contributed by atoms with Crippen molar-refractivity contribution in [3.63, 3.8) is 0 Å². The predicted molar refractivity (Wildman–Crippen MR) is 262 cm³/mol. The lowest BCUT2D eigenvalue weighted by Gasteiger charge is -2.32. The number of rotatable bonds is 11. The SMILES string of the molecule is CC(C)c1cc(Oc2ccc3c4cc(C(C)(C)C)ccc4n(-c4cc(C(C)(C)C)ccn4)c3c2)cc(C2=N[C@H](C(C(C)C)C(C)C)CN2c2c(C(C)C)cccc2C(C)C)c1. The zero-order valence-electron chi connectivity index (χ0n) is 40.1. The first-order valence-corrected chi connectivity index (χ1v) is 23.0. The maximum Gasteiger partial charge on any atom is 0.137 e. The van der Waals surface area contributed by atoms with Gasteiger partial charge in [-0.25, -0.2) is 4.98 Å². The van der Waals surface area contributed by atoms with Crippen LogP contribution in [0.2, 0.25) is 0 Å². The van der Waals surface area contributed by atoms with Crippen LogP contribution < -0.4 is 9.64 Å². The van der Waals surface area contributed by atoms with E-state index < -0.39 is 0 Å². The summed E-state index contributed by atoms with van der Waals surface area (Å²) in [5, 5.41) is 2.41. The molecule has 0 spiro atoms. The number of ether oxygens (including phenoxy) is 1. The summed E-state index contributed by atoms with van der Waals surface area (Å²) in [6, 6.07) is 31.8. The van der Waals surface area contributed by atoms with E-state index >= 15 is 0 Å². The van der Waals surface area contributed by atoms with Gasteiger partial charge in [-0.05, 0) is 129 Å². The quantitative estimate of drug-likeness (QED) is 0.131. The van der Waals surface area contributed by atoms with Crippen LogP contribution in [0.25, 0.3) is 27.6 Å². The third-order valence-corrected chi connectivity index (χ3v) is 13.0. The molecule has 0 bridgehead atoms. The summed E-state index contributed by atoms with van der Waals surface area (Å²) in [5.41, 5.74) is 11.2. The summed E-state index contributed by atoms with van der Waals surface area (Å²) in [5.74, 6) is 6.09. The van der Waals surface area contributed by atoms with Crippen LogP contribution in [0.1, 0.15) is 162 Å². The molecule has 6 aromatic rings. The molecular formula is C56H72N4O. The number of aromatic nitrogens is 2. The first kappa shape index (κ1) is 44.2. The fourth-order valence-electron chi connectivity index (χ4n) is 9.72. The molecule has 0 unspecified atom stereocenters. The van der Waals surface area contributed by atoms with Gasteiger partial charge in [0.25, 0.3) is 0 Å². The Morgan fingerprint density at radius 3 is 1.84 bits per heavy atom. The lowest BCUT2D eigenvalue weighted by molar-refractivity contribution is 0.247. The molecule has 5 heteroatoms. The van der Waals surface area contributed by atoms with Gasteiger partial charge in [-0.2, -0.15) is 0 Å². The van der Waals surface area contributed by atoms with Gasteiger partial charge in [0.15, 0.2) is 0 Å². The monoisotopic (exact) mass is 817 g/mol. The van der Waals surface area contributed by atoms with E-state index in [1.807, 2.05) is 6.20 Å². The van der Waals surface area contributed by atoms with Crippen LogP contribution in [-0.2, 0) is 10.8 Å². The first-order chi connectivity index (χ1) is 28.6. The van der Waals surface area contributed by atoms with Crippen LogP contribution in [-0.4, -0.2) is 28.0 Å². The smallest absolute Gasteiger partial charge is 0.137 e. The van der Waals surface area contributed by atoms with E-state index in [0.717, 1.165) is 46.3 Å². The fraction of sp³-hybridized carbons (Fsp3) is 0.464. The highest BCUT2D eigenvalue weighted by molar-refractivity contribution is 6.13. The topological polar surface area (TPSA) is 42.6 Å². The molecule has 0 aliphatic carbocycles. The lowest BCUT2D eigenvalue weighted by atomic mass is 9.80. The van der Waals surface area contributed by atoms with E-state index in [9.17, 15) is 0 Å². The van der Waals surface area contributed by atoms with Gasteiger partial charge in [-0.15, -0.1) is 0 Å². The third-order valence-electron chi connectivity index (χ3n) is 13.0. The summed E-state index contributed by atoms with van der Waals surface area (Å²) in [6.07, 6.45) is 1.95. The minimum absolute atomic E-state index is 0.0137. The van der Waals surface area contributed by atoms with Crippen molar-refractivity contribution in [1.29, 1.82) is 0 Å². The van der Waals surface area contributed by atoms with Crippen LogP contribution in [0.15, 0.2) is 96.1 Å². The van der Waals surface area contributed by atoms with Crippen molar-refractivity contribution in [3.8, 4) is 17.3 Å². The van der Waals surface area contributed by atoms with Crippen molar-refractivity contribution >= 4 is 33.3 Å². The summed E-state index contributed by atoms with van der Waals surface area (Å²) in [6.45, 7) is 37.8. The molecule has 0 saturated heterocycles. The van der Waals surface area contributed by atoms with Crippen LogP contribution in [0, 0.1) is 17.8 Å². The molecular weight excluding hydrogens is 745 g/mol. The minimum Gasteiger partial charge on any atom is -0.457 e. The van der Waals surface area contributed by atoms with Crippen molar-refractivity contribution in [2.75, 3.05) is 11.4 Å². The second-order valence-corrected chi connectivity index (χ2v) is 21.5. The van der Waals surface area contributed by atoms with E-state index in [4.69, 9.17) is 14.7 Å². The Morgan fingerprint density at radius 1 is 0.607 bits per heavy atom. The lowest BCUT2D eigenvalue weighted by Crippen LogP contribution is -2.36. The number of anilines is 1. The Balaban J connectivity index is 1.40. The van der Waals surface area contributed by atoms with Gasteiger partial charge in [0.05, 0.1) is 17.1 Å². The number of hydrogen-bond acceptors (Lipinski definition) is 4. The third kappa shape index (κ3) is 8.77. The Labute approximate surface area is 367 Å². The van der Waals surface area contributed by atoms with Gasteiger partial charge in [0.1, 0.15) is 23.2 Å². The molecule has 7 rings (SSSR count). The predicted octanol–water partition coefficient (Wildman–Crippen LogP) is 15.5. The summed E-state index contributed by atoms with van der Waals surface area (Å²) in [7, 11) is 0. The van der Waals surface area contributed by atoms with E-state index in [0.29, 0.717) is 35.5 Å². The number of fused-ring (bicyclic) bond motifs is 3. The minimum atomic E-state index is -0.0137. The van der Waals surface area contributed by atoms with Crippen molar-refractivity contribution in [2.45, 2.75) is 145 Å². The van der Waals surface area contributed by atoms with Gasteiger partial charge in [0.2, 0.25) is 0 Å². The van der Waals surface area contributed by atoms with Crippen LogP contribution in [0.4, 0.5) is 5.69 Å². The zero-order chi connectivity index (χ0) is 44.3. The Hall–Kier alpha value is -4.90. The molecule has 0 radical (unpaired) electrons. The molecule has 2 aromatic heterocycles. The van der Waals surface area contributed by atoms with E-state index in [2.05, 4.69) is 205 Å². The van der Waals surface area contributed by atoms with Crippen LogP contribution in [0.5, 0.6) is 11.5 Å². The molecule has 0 amide bonds. The van der Waals surface area contributed by atoms with E-state index in [1.165, 1.54) is 44.3 Å². The average Bonchev–Trinajstić information content (AvgIpc) is 3.75. The van der Waals surface area contributed by atoms with Crippen LogP contribution >= 0.6 is 0 Å². The van der Waals surface area contributed by atoms with Crippen molar-refractivity contribution < 1.29 is 4.74 Å². The van der Waals surface area contributed by atoms with Crippen molar-refractivity contribution in [2.24, 2.45) is 22.7 Å².